The summed E-state index contributed by atoms with van der Waals surface area (Å²) in [6.07, 6.45) is 1.53. The minimum absolute atomic E-state index is 0.0609. The Morgan fingerprint density at radius 1 is 0.943 bits per heavy atom. The summed E-state index contributed by atoms with van der Waals surface area (Å²) in [7, 11) is 1.53. The zero-order valence-electron chi connectivity index (χ0n) is 18.6. The van der Waals surface area contributed by atoms with Crippen LogP contribution in [0.5, 0.6) is 5.75 Å². The lowest BCUT2D eigenvalue weighted by molar-refractivity contribution is -0.127. The van der Waals surface area contributed by atoms with Crippen molar-refractivity contribution in [2.45, 2.75) is 0 Å². The first-order chi connectivity index (χ1) is 16.8. The van der Waals surface area contributed by atoms with Gasteiger partial charge in [0.1, 0.15) is 18.0 Å². The number of nitrogens with zero attached hydrogens (tertiary/aromatic N) is 1. The molecule has 1 fully saturated rings. The number of carboxylic acids is 1. The number of hydrogen-bond acceptors (Lipinski definition) is 5. The molecule has 9 heteroatoms. The second kappa shape index (κ2) is 9.92. The third-order valence-electron chi connectivity index (χ3n) is 5.32. The fourth-order valence-electron chi connectivity index (χ4n) is 3.48. The number of ether oxygens (including phenoxy) is 1. The van der Waals surface area contributed by atoms with Crippen LogP contribution in [0.1, 0.15) is 15.9 Å². The van der Waals surface area contributed by atoms with Gasteiger partial charge in [-0.25, -0.2) is 14.5 Å². The van der Waals surface area contributed by atoms with Gasteiger partial charge in [-0.15, -0.1) is 0 Å². The molecule has 0 atom stereocenters. The van der Waals surface area contributed by atoms with E-state index < -0.39 is 30.4 Å². The molecular formula is C26H21N3O6. The standard InChI is InChI=1S/C26H21N3O6/c1-35-21-12-10-20(11-13-21)27-23(30)15-29-24(31)22(28-26(29)34)14-16-2-4-17(5-3-16)18-6-8-19(9-7-18)25(32)33/h2-14H,15H2,1H3,(H,27,30)(H,28,34)(H,32,33)/b22-14-. The maximum Gasteiger partial charge on any atom is 0.335 e. The molecule has 0 saturated carbocycles. The average molecular weight is 471 g/mol. The molecule has 0 unspecified atom stereocenters. The Balaban J connectivity index is 1.41. The van der Waals surface area contributed by atoms with Crippen LogP contribution in [0.15, 0.2) is 78.5 Å². The summed E-state index contributed by atoms with van der Waals surface area (Å²) >= 11 is 0. The summed E-state index contributed by atoms with van der Waals surface area (Å²) in [6, 6.07) is 19.7. The van der Waals surface area contributed by atoms with Gasteiger partial charge in [-0.3, -0.25) is 9.59 Å². The first-order valence-electron chi connectivity index (χ1n) is 10.6. The molecule has 0 spiro atoms. The summed E-state index contributed by atoms with van der Waals surface area (Å²) in [6.45, 7) is -0.431. The second-order valence-corrected chi connectivity index (χ2v) is 7.66. The number of amides is 4. The van der Waals surface area contributed by atoms with Gasteiger partial charge >= 0.3 is 12.0 Å². The van der Waals surface area contributed by atoms with Crippen molar-refractivity contribution in [2.24, 2.45) is 0 Å². The van der Waals surface area contributed by atoms with Crippen molar-refractivity contribution in [2.75, 3.05) is 19.0 Å². The Morgan fingerprint density at radius 2 is 1.54 bits per heavy atom. The molecule has 3 aromatic rings. The molecule has 3 N–H and O–H groups in total. The Kier molecular flexibility index (Phi) is 6.59. The fraction of sp³-hybridized carbons (Fsp3) is 0.0769. The van der Waals surface area contributed by atoms with Gasteiger partial charge in [-0.05, 0) is 59.2 Å². The van der Waals surface area contributed by atoms with Gasteiger partial charge in [0.25, 0.3) is 5.91 Å². The highest BCUT2D eigenvalue weighted by molar-refractivity contribution is 6.16. The lowest BCUT2D eigenvalue weighted by Gasteiger charge is -2.12. The Labute approximate surface area is 200 Å². The van der Waals surface area contributed by atoms with Gasteiger partial charge < -0.3 is 20.5 Å². The number of nitrogens with one attached hydrogen (secondary N) is 2. The second-order valence-electron chi connectivity index (χ2n) is 7.66. The molecule has 9 nitrogen and oxygen atoms in total. The number of urea groups is 1. The number of rotatable bonds is 7. The highest BCUT2D eigenvalue weighted by Gasteiger charge is 2.34. The van der Waals surface area contributed by atoms with Crippen molar-refractivity contribution in [3.8, 4) is 16.9 Å². The molecule has 1 heterocycles. The van der Waals surface area contributed by atoms with Gasteiger partial charge in [0.15, 0.2) is 0 Å². The summed E-state index contributed by atoms with van der Waals surface area (Å²) in [5, 5.41) is 14.1. The number of hydrogen-bond donors (Lipinski definition) is 3. The quantitative estimate of drug-likeness (QED) is 0.357. The van der Waals surface area contributed by atoms with E-state index in [-0.39, 0.29) is 11.3 Å². The van der Waals surface area contributed by atoms with Crippen molar-refractivity contribution >= 4 is 35.6 Å². The van der Waals surface area contributed by atoms with E-state index in [0.717, 1.165) is 16.0 Å². The first kappa shape index (κ1) is 23.2. The fourth-order valence-corrected chi connectivity index (χ4v) is 3.48. The van der Waals surface area contributed by atoms with Crippen molar-refractivity contribution in [1.29, 1.82) is 0 Å². The van der Waals surface area contributed by atoms with Crippen molar-refractivity contribution < 1.29 is 29.0 Å². The van der Waals surface area contributed by atoms with Crippen molar-refractivity contribution in [3.05, 3.63) is 89.6 Å². The summed E-state index contributed by atoms with van der Waals surface area (Å²) < 4.78 is 5.07. The third-order valence-corrected chi connectivity index (χ3v) is 5.32. The Hall–Kier alpha value is -4.92. The number of methoxy groups -OCH3 is 1. The molecular weight excluding hydrogens is 450 g/mol. The molecule has 0 aliphatic carbocycles. The van der Waals surface area contributed by atoms with Crippen LogP contribution >= 0.6 is 0 Å². The van der Waals surface area contributed by atoms with E-state index in [9.17, 15) is 19.2 Å². The van der Waals surface area contributed by atoms with Crippen LogP contribution in [0.3, 0.4) is 0 Å². The molecule has 0 radical (unpaired) electrons. The van der Waals surface area contributed by atoms with Crippen molar-refractivity contribution in [1.82, 2.24) is 10.2 Å². The molecule has 4 rings (SSSR count). The molecule has 176 valence electrons. The van der Waals surface area contributed by atoms with Crippen LogP contribution in [0.25, 0.3) is 17.2 Å². The highest BCUT2D eigenvalue weighted by atomic mass is 16.5. The van der Waals surface area contributed by atoms with E-state index in [1.807, 2.05) is 12.1 Å². The Morgan fingerprint density at radius 3 is 2.11 bits per heavy atom. The number of anilines is 1. The van der Waals surface area contributed by atoms with E-state index in [1.165, 1.54) is 25.3 Å². The summed E-state index contributed by atoms with van der Waals surface area (Å²) in [5.41, 5.74) is 3.15. The minimum atomic E-state index is -0.992. The topological polar surface area (TPSA) is 125 Å². The van der Waals surface area contributed by atoms with Crippen LogP contribution in [-0.4, -0.2) is 47.5 Å². The molecule has 1 saturated heterocycles. The molecule has 4 amide bonds. The van der Waals surface area contributed by atoms with Gasteiger partial charge in [-0.2, -0.15) is 0 Å². The molecule has 0 aromatic heterocycles. The highest BCUT2D eigenvalue weighted by Crippen LogP contribution is 2.22. The number of carbonyl (C=O) groups is 4. The summed E-state index contributed by atoms with van der Waals surface area (Å²) in [4.78, 5) is 49.2. The van der Waals surface area contributed by atoms with Crippen LogP contribution < -0.4 is 15.4 Å². The van der Waals surface area contributed by atoms with Gasteiger partial charge in [0.05, 0.1) is 12.7 Å². The van der Waals surface area contributed by atoms with Gasteiger partial charge in [0.2, 0.25) is 5.91 Å². The van der Waals surface area contributed by atoms with E-state index in [2.05, 4.69) is 10.6 Å². The zero-order valence-corrected chi connectivity index (χ0v) is 18.6. The molecule has 1 aliphatic rings. The van der Waals surface area contributed by atoms with E-state index in [1.54, 1.807) is 48.5 Å². The average Bonchev–Trinajstić information content (AvgIpc) is 3.12. The molecule has 35 heavy (non-hydrogen) atoms. The predicted octanol–water partition coefficient (Wildman–Crippen LogP) is 3.59. The normalized spacial score (nSPS) is 14.1. The van der Waals surface area contributed by atoms with Crippen LogP contribution in [0, 0.1) is 0 Å². The predicted molar refractivity (Wildman–Crippen MR) is 129 cm³/mol. The lowest BCUT2D eigenvalue weighted by atomic mass is 10.0. The molecule has 1 aliphatic heterocycles. The first-order valence-corrected chi connectivity index (χ1v) is 10.6. The number of imide groups is 1. The number of carbonyl (C=O) groups excluding carboxylic acids is 3. The Bertz CT molecular complexity index is 1310. The lowest BCUT2D eigenvalue weighted by Crippen LogP contribution is -2.38. The SMILES string of the molecule is COc1ccc(NC(=O)CN2C(=O)N/C(=C\c3ccc(-c4ccc(C(=O)O)cc4)cc3)C2=O)cc1. The monoisotopic (exact) mass is 471 g/mol. The maximum absolute atomic E-state index is 12.7. The van der Waals surface area contributed by atoms with Crippen LogP contribution in [0.4, 0.5) is 10.5 Å². The number of aromatic carboxylic acids is 1. The van der Waals surface area contributed by atoms with Crippen molar-refractivity contribution in [3.63, 3.8) is 0 Å². The van der Waals surface area contributed by atoms with E-state index >= 15 is 0 Å². The molecule has 0 bridgehead atoms. The van der Waals surface area contributed by atoms with E-state index in [0.29, 0.717) is 17.0 Å². The molecule has 3 aromatic carbocycles. The minimum Gasteiger partial charge on any atom is -0.497 e. The van der Waals surface area contributed by atoms with Gasteiger partial charge in [0, 0.05) is 5.69 Å². The number of carboxylic acid groups (broad SMARTS) is 1. The third kappa shape index (κ3) is 5.36. The smallest absolute Gasteiger partial charge is 0.335 e. The van der Waals surface area contributed by atoms with Gasteiger partial charge in [-0.1, -0.05) is 36.4 Å². The maximum atomic E-state index is 12.7. The number of benzene rings is 3. The largest absolute Gasteiger partial charge is 0.497 e. The summed E-state index contributed by atoms with van der Waals surface area (Å²) in [5.74, 6) is -1.48. The zero-order chi connectivity index (χ0) is 24.9. The van der Waals surface area contributed by atoms with Crippen LogP contribution in [-0.2, 0) is 9.59 Å². The van der Waals surface area contributed by atoms with E-state index in [4.69, 9.17) is 9.84 Å². The van der Waals surface area contributed by atoms with Crippen LogP contribution in [0.2, 0.25) is 0 Å².